The largest absolute Gasteiger partial charge is 0.383 e. The number of nitrogen functional groups attached to an aromatic ring is 2. The summed E-state index contributed by atoms with van der Waals surface area (Å²) in [6.45, 7) is 3.23. The molecule has 0 saturated heterocycles. The van der Waals surface area contributed by atoms with Crippen LogP contribution in [0, 0.1) is 5.41 Å². The smallest absolute Gasteiger partial charge is 0.223 e. The van der Waals surface area contributed by atoms with Gasteiger partial charge in [0.1, 0.15) is 11.6 Å². The highest BCUT2D eigenvalue weighted by Gasteiger charge is 2.28. The third-order valence-corrected chi connectivity index (χ3v) is 3.27. The van der Waals surface area contributed by atoms with Crippen LogP contribution in [-0.4, -0.2) is 16.5 Å². The van der Waals surface area contributed by atoms with Gasteiger partial charge >= 0.3 is 0 Å². The maximum absolute atomic E-state index is 5.61. The molecule has 1 heterocycles. The van der Waals surface area contributed by atoms with Crippen molar-refractivity contribution in [3.8, 4) is 0 Å². The van der Waals surface area contributed by atoms with Gasteiger partial charge in [-0.15, -0.1) is 0 Å². The van der Waals surface area contributed by atoms with E-state index >= 15 is 0 Å². The Hall–Kier alpha value is -1.52. The molecule has 5 nitrogen and oxygen atoms in total. The zero-order chi connectivity index (χ0) is 11.6. The minimum absolute atomic E-state index is 0.221. The Balaban J connectivity index is 1.98. The number of anilines is 3. The van der Waals surface area contributed by atoms with Gasteiger partial charge in [-0.1, -0.05) is 19.8 Å². The normalized spacial score (nSPS) is 18.6. The van der Waals surface area contributed by atoms with E-state index in [0.717, 1.165) is 12.4 Å². The topological polar surface area (TPSA) is 89.8 Å². The molecule has 1 aromatic heterocycles. The average molecular weight is 221 g/mol. The van der Waals surface area contributed by atoms with Crippen LogP contribution in [0.15, 0.2) is 6.07 Å². The number of aromatic nitrogens is 2. The maximum Gasteiger partial charge on any atom is 0.223 e. The highest BCUT2D eigenvalue weighted by Crippen LogP contribution is 2.37. The summed E-state index contributed by atoms with van der Waals surface area (Å²) in [7, 11) is 0. The van der Waals surface area contributed by atoms with Gasteiger partial charge in [-0.05, 0) is 18.3 Å². The Morgan fingerprint density at radius 1 is 1.31 bits per heavy atom. The van der Waals surface area contributed by atoms with Gasteiger partial charge in [0, 0.05) is 12.6 Å². The van der Waals surface area contributed by atoms with E-state index in [4.69, 9.17) is 11.5 Å². The summed E-state index contributed by atoms with van der Waals surface area (Å²) in [6, 6.07) is 1.72. The minimum Gasteiger partial charge on any atom is -0.383 e. The van der Waals surface area contributed by atoms with Crippen LogP contribution in [0.5, 0.6) is 0 Å². The molecule has 0 aliphatic heterocycles. The van der Waals surface area contributed by atoms with E-state index in [-0.39, 0.29) is 5.95 Å². The van der Waals surface area contributed by atoms with Crippen molar-refractivity contribution in [2.45, 2.75) is 32.6 Å². The fourth-order valence-corrected chi connectivity index (χ4v) is 2.29. The standard InChI is InChI=1S/C11H19N5/c1-11(4-2-3-5-11)7-14-9-6-8(12)15-10(13)16-9/h6H,2-5,7H2,1H3,(H5,12,13,14,15,16). The number of nitrogens with zero attached hydrogens (tertiary/aromatic N) is 2. The van der Waals surface area contributed by atoms with E-state index in [1.54, 1.807) is 6.07 Å². The lowest BCUT2D eigenvalue weighted by atomic mass is 9.89. The SMILES string of the molecule is CC1(CNc2cc(N)nc(N)n2)CCCC1. The fourth-order valence-electron chi connectivity index (χ4n) is 2.29. The molecule has 1 aliphatic rings. The molecule has 0 spiro atoms. The molecule has 1 fully saturated rings. The molecule has 1 aliphatic carbocycles. The van der Waals surface area contributed by atoms with Crippen LogP contribution in [0.2, 0.25) is 0 Å². The van der Waals surface area contributed by atoms with Crippen LogP contribution < -0.4 is 16.8 Å². The van der Waals surface area contributed by atoms with Crippen molar-refractivity contribution in [2.75, 3.05) is 23.3 Å². The Labute approximate surface area is 95.6 Å². The molecule has 1 saturated carbocycles. The lowest BCUT2D eigenvalue weighted by Gasteiger charge is -2.24. The summed E-state index contributed by atoms with van der Waals surface area (Å²) in [4.78, 5) is 7.94. The van der Waals surface area contributed by atoms with Crippen LogP contribution >= 0.6 is 0 Å². The molecule has 2 rings (SSSR count). The molecule has 0 unspecified atom stereocenters. The van der Waals surface area contributed by atoms with Crippen LogP contribution in [-0.2, 0) is 0 Å². The van der Waals surface area contributed by atoms with Crippen molar-refractivity contribution in [2.24, 2.45) is 5.41 Å². The van der Waals surface area contributed by atoms with Crippen molar-refractivity contribution in [3.63, 3.8) is 0 Å². The van der Waals surface area contributed by atoms with Gasteiger partial charge in [0.15, 0.2) is 0 Å². The van der Waals surface area contributed by atoms with E-state index in [0.29, 0.717) is 11.2 Å². The first-order chi connectivity index (χ1) is 7.57. The minimum atomic E-state index is 0.221. The van der Waals surface area contributed by atoms with Gasteiger partial charge in [0.25, 0.3) is 0 Å². The second-order valence-corrected chi connectivity index (χ2v) is 4.91. The van der Waals surface area contributed by atoms with E-state index < -0.39 is 0 Å². The van der Waals surface area contributed by atoms with Gasteiger partial charge in [-0.2, -0.15) is 9.97 Å². The molecule has 0 amide bonds. The highest BCUT2D eigenvalue weighted by atomic mass is 15.1. The first-order valence-corrected chi connectivity index (χ1v) is 5.71. The first-order valence-electron chi connectivity index (χ1n) is 5.71. The van der Waals surface area contributed by atoms with Crippen LogP contribution in [0.25, 0.3) is 0 Å². The van der Waals surface area contributed by atoms with Gasteiger partial charge in [0.05, 0.1) is 0 Å². The molecule has 0 radical (unpaired) electrons. The molecular weight excluding hydrogens is 202 g/mol. The molecule has 0 bridgehead atoms. The maximum atomic E-state index is 5.61. The van der Waals surface area contributed by atoms with Crippen molar-refractivity contribution in [1.29, 1.82) is 0 Å². The quantitative estimate of drug-likeness (QED) is 0.721. The van der Waals surface area contributed by atoms with Crippen molar-refractivity contribution < 1.29 is 0 Å². The van der Waals surface area contributed by atoms with Crippen molar-refractivity contribution in [1.82, 2.24) is 9.97 Å². The number of rotatable bonds is 3. The third-order valence-electron chi connectivity index (χ3n) is 3.27. The van der Waals surface area contributed by atoms with E-state index in [9.17, 15) is 0 Å². The summed E-state index contributed by atoms with van der Waals surface area (Å²) in [5.74, 6) is 1.35. The molecule has 0 aromatic carbocycles. The zero-order valence-electron chi connectivity index (χ0n) is 9.66. The van der Waals surface area contributed by atoms with Crippen LogP contribution in [0.4, 0.5) is 17.6 Å². The van der Waals surface area contributed by atoms with Crippen LogP contribution in [0.3, 0.4) is 0 Å². The van der Waals surface area contributed by atoms with E-state index in [1.165, 1.54) is 25.7 Å². The van der Waals surface area contributed by atoms with E-state index in [2.05, 4.69) is 22.2 Å². The number of hydrogen-bond acceptors (Lipinski definition) is 5. The Morgan fingerprint density at radius 2 is 2.00 bits per heavy atom. The lowest BCUT2D eigenvalue weighted by Crippen LogP contribution is -2.23. The number of nitrogens with one attached hydrogen (secondary N) is 1. The lowest BCUT2D eigenvalue weighted by molar-refractivity contribution is 0.361. The summed E-state index contributed by atoms with van der Waals surface area (Å²) < 4.78 is 0. The molecule has 16 heavy (non-hydrogen) atoms. The predicted octanol–water partition coefficient (Wildman–Crippen LogP) is 1.63. The molecule has 5 heteroatoms. The van der Waals surface area contributed by atoms with Crippen molar-refractivity contribution >= 4 is 17.6 Å². The highest BCUT2D eigenvalue weighted by molar-refractivity contribution is 5.48. The average Bonchev–Trinajstić information content (AvgIpc) is 2.62. The Bertz CT molecular complexity index is 350. The summed E-state index contributed by atoms with van der Waals surface area (Å²) >= 11 is 0. The summed E-state index contributed by atoms with van der Waals surface area (Å²) in [5.41, 5.74) is 11.5. The van der Waals surface area contributed by atoms with Gasteiger partial charge in [0.2, 0.25) is 5.95 Å². The van der Waals surface area contributed by atoms with Gasteiger partial charge in [-0.25, -0.2) is 0 Å². The number of hydrogen-bond donors (Lipinski definition) is 3. The Kier molecular flexibility index (Phi) is 2.85. The van der Waals surface area contributed by atoms with Gasteiger partial charge in [-0.3, -0.25) is 0 Å². The monoisotopic (exact) mass is 221 g/mol. The molecular formula is C11H19N5. The van der Waals surface area contributed by atoms with Gasteiger partial charge < -0.3 is 16.8 Å². The molecule has 5 N–H and O–H groups in total. The Morgan fingerprint density at radius 3 is 2.62 bits per heavy atom. The number of nitrogens with two attached hydrogens (primary N) is 2. The van der Waals surface area contributed by atoms with E-state index in [1.807, 2.05) is 0 Å². The molecule has 88 valence electrons. The van der Waals surface area contributed by atoms with Crippen LogP contribution in [0.1, 0.15) is 32.6 Å². The first kappa shape index (κ1) is 11.0. The summed E-state index contributed by atoms with van der Waals surface area (Å²) in [6.07, 6.45) is 5.20. The third kappa shape index (κ3) is 2.53. The zero-order valence-corrected chi connectivity index (χ0v) is 9.66. The molecule has 1 aromatic rings. The summed E-state index contributed by atoms with van der Waals surface area (Å²) in [5, 5.41) is 3.30. The fraction of sp³-hybridized carbons (Fsp3) is 0.636. The van der Waals surface area contributed by atoms with Crippen molar-refractivity contribution in [3.05, 3.63) is 6.07 Å². The predicted molar refractivity (Wildman–Crippen MR) is 65.9 cm³/mol. The second-order valence-electron chi connectivity index (χ2n) is 4.91. The molecule has 0 atom stereocenters. The second kappa shape index (κ2) is 4.15.